The molecule has 0 spiro atoms. The van der Waals surface area contributed by atoms with Gasteiger partial charge in [0.2, 0.25) is 0 Å². The number of methoxy groups -OCH3 is 3. The van der Waals surface area contributed by atoms with Crippen LogP contribution < -0.4 is 15.4 Å². The van der Waals surface area contributed by atoms with Crippen LogP contribution in [0.2, 0.25) is 0 Å². The molecule has 0 unspecified atom stereocenters. The number of guanidine groups is 1. The molecule has 1 aromatic rings. The van der Waals surface area contributed by atoms with Crippen LogP contribution in [0.15, 0.2) is 23.2 Å². The van der Waals surface area contributed by atoms with E-state index in [0.717, 1.165) is 31.1 Å². The Balaban J connectivity index is 0.00000392. The van der Waals surface area contributed by atoms with Gasteiger partial charge in [-0.15, -0.1) is 24.0 Å². The molecule has 158 valence electrons. The molecule has 1 aliphatic carbocycles. The Morgan fingerprint density at radius 2 is 1.96 bits per heavy atom. The number of nitrogens with one attached hydrogen (secondary N) is 2. The van der Waals surface area contributed by atoms with Gasteiger partial charge < -0.3 is 24.8 Å². The maximum Gasteiger partial charge on any atom is 0.341 e. The van der Waals surface area contributed by atoms with Gasteiger partial charge in [0.25, 0.3) is 0 Å². The first-order valence-electron chi connectivity index (χ1n) is 9.26. The van der Waals surface area contributed by atoms with Crippen LogP contribution in [-0.4, -0.2) is 53.5 Å². The number of esters is 1. The predicted octanol–water partition coefficient (Wildman–Crippen LogP) is 2.97. The Hall–Kier alpha value is -1.55. The van der Waals surface area contributed by atoms with Crippen LogP contribution in [0, 0.1) is 5.41 Å². The van der Waals surface area contributed by atoms with Crippen LogP contribution in [0.5, 0.6) is 5.75 Å². The molecule has 0 heterocycles. The summed E-state index contributed by atoms with van der Waals surface area (Å²) < 4.78 is 15.3. The van der Waals surface area contributed by atoms with E-state index in [9.17, 15) is 4.79 Å². The largest absolute Gasteiger partial charge is 0.496 e. The Bertz CT molecular complexity index is 663. The fourth-order valence-corrected chi connectivity index (χ4v) is 3.31. The highest BCUT2D eigenvalue weighted by molar-refractivity contribution is 14.0. The zero-order chi connectivity index (χ0) is 19.7. The maximum absolute atomic E-state index is 11.7. The van der Waals surface area contributed by atoms with Gasteiger partial charge in [0.15, 0.2) is 5.96 Å². The molecule has 1 aliphatic rings. The number of benzene rings is 1. The molecule has 0 aliphatic heterocycles. The van der Waals surface area contributed by atoms with E-state index in [0.29, 0.717) is 23.3 Å². The molecule has 2 rings (SSSR count). The summed E-state index contributed by atoms with van der Waals surface area (Å²) in [5.41, 5.74) is 1.72. The summed E-state index contributed by atoms with van der Waals surface area (Å²) >= 11 is 0. The highest BCUT2D eigenvalue weighted by Gasteiger charge is 2.36. The fourth-order valence-electron chi connectivity index (χ4n) is 3.31. The summed E-state index contributed by atoms with van der Waals surface area (Å²) in [4.78, 5) is 16.1. The standard InChI is InChI=1S/C20H31N3O4.HI/c1-21-19(23-14-20(8-5-9-20)10-11-25-2)22-13-15-6-7-16(18(24)27-4)17(12-15)26-3;/h6-7,12H,5,8-11,13-14H2,1-4H3,(H2,21,22,23);1H. The van der Waals surface area contributed by atoms with Crippen LogP contribution in [0.25, 0.3) is 0 Å². The lowest BCUT2D eigenvalue weighted by Gasteiger charge is -2.42. The SMILES string of the molecule is CN=C(NCc1ccc(C(=O)OC)c(OC)c1)NCC1(CCOC)CCC1.I. The molecule has 2 N–H and O–H groups in total. The number of rotatable bonds is 9. The first-order chi connectivity index (χ1) is 13.1. The normalized spacial score (nSPS) is 15.1. The van der Waals surface area contributed by atoms with Crippen molar-refractivity contribution in [1.29, 1.82) is 0 Å². The number of ether oxygens (including phenoxy) is 3. The van der Waals surface area contributed by atoms with Crippen molar-refractivity contribution < 1.29 is 19.0 Å². The highest BCUT2D eigenvalue weighted by atomic mass is 127. The molecule has 7 nitrogen and oxygen atoms in total. The fraction of sp³-hybridized carbons (Fsp3) is 0.600. The van der Waals surface area contributed by atoms with Crippen molar-refractivity contribution in [3.63, 3.8) is 0 Å². The van der Waals surface area contributed by atoms with E-state index >= 15 is 0 Å². The van der Waals surface area contributed by atoms with E-state index in [1.54, 1.807) is 20.2 Å². The van der Waals surface area contributed by atoms with E-state index in [1.807, 2.05) is 12.1 Å². The molecule has 0 amide bonds. The number of carbonyl (C=O) groups is 1. The van der Waals surface area contributed by atoms with Gasteiger partial charge in [-0.2, -0.15) is 0 Å². The summed E-state index contributed by atoms with van der Waals surface area (Å²) in [6.45, 7) is 2.25. The van der Waals surface area contributed by atoms with Crippen molar-refractivity contribution in [1.82, 2.24) is 10.6 Å². The van der Waals surface area contributed by atoms with Crippen molar-refractivity contribution in [2.45, 2.75) is 32.2 Å². The summed E-state index contributed by atoms with van der Waals surface area (Å²) in [6.07, 6.45) is 4.81. The van der Waals surface area contributed by atoms with E-state index in [1.165, 1.54) is 33.5 Å². The summed E-state index contributed by atoms with van der Waals surface area (Å²) in [6, 6.07) is 5.42. The average Bonchev–Trinajstić information content (AvgIpc) is 2.68. The second-order valence-corrected chi connectivity index (χ2v) is 6.90. The van der Waals surface area contributed by atoms with E-state index < -0.39 is 5.97 Å². The lowest BCUT2D eigenvalue weighted by atomic mass is 9.67. The van der Waals surface area contributed by atoms with Gasteiger partial charge in [-0.3, -0.25) is 4.99 Å². The minimum atomic E-state index is -0.411. The minimum absolute atomic E-state index is 0. The van der Waals surface area contributed by atoms with Crippen LogP contribution in [0.4, 0.5) is 0 Å². The number of hydrogen-bond donors (Lipinski definition) is 2. The first kappa shape index (κ1) is 24.5. The monoisotopic (exact) mass is 505 g/mol. The Kier molecular flexibility index (Phi) is 10.6. The molecule has 0 atom stereocenters. The van der Waals surface area contributed by atoms with Crippen LogP contribution >= 0.6 is 24.0 Å². The molecular formula is C20H32IN3O4. The number of hydrogen-bond acceptors (Lipinski definition) is 5. The number of halogens is 1. The predicted molar refractivity (Wildman–Crippen MR) is 121 cm³/mol. The zero-order valence-electron chi connectivity index (χ0n) is 17.2. The van der Waals surface area contributed by atoms with Crippen molar-refractivity contribution in [3.05, 3.63) is 29.3 Å². The van der Waals surface area contributed by atoms with E-state index in [4.69, 9.17) is 14.2 Å². The second kappa shape index (κ2) is 12.1. The average molecular weight is 505 g/mol. The lowest BCUT2D eigenvalue weighted by Crippen LogP contribution is -2.46. The molecule has 0 saturated heterocycles. The van der Waals surface area contributed by atoms with Crippen molar-refractivity contribution in [3.8, 4) is 5.75 Å². The lowest BCUT2D eigenvalue weighted by molar-refractivity contribution is 0.0597. The third-order valence-corrected chi connectivity index (χ3v) is 5.24. The Labute approximate surface area is 184 Å². The molecular weight excluding hydrogens is 473 g/mol. The summed E-state index contributed by atoms with van der Waals surface area (Å²) in [5.74, 6) is 0.845. The summed E-state index contributed by atoms with van der Waals surface area (Å²) in [5, 5.41) is 6.75. The zero-order valence-corrected chi connectivity index (χ0v) is 19.5. The Morgan fingerprint density at radius 3 is 2.50 bits per heavy atom. The second-order valence-electron chi connectivity index (χ2n) is 6.90. The van der Waals surface area contributed by atoms with Crippen LogP contribution in [-0.2, 0) is 16.0 Å². The molecule has 28 heavy (non-hydrogen) atoms. The molecule has 8 heteroatoms. The molecule has 0 aromatic heterocycles. The topological polar surface area (TPSA) is 81.2 Å². The van der Waals surface area contributed by atoms with Crippen molar-refractivity contribution >= 4 is 35.9 Å². The number of aliphatic imine (C=N–C) groups is 1. The van der Waals surface area contributed by atoms with Gasteiger partial charge in [-0.1, -0.05) is 12.5 Å². The van der Waals surface area contributed by atoms with Gasteiger partial charge in [0.1, 0.15) is 11.3 Å². The van der Waals surface area contributed by atoms with Gasteiger partial charge in [0, 0.05) is 33.9 Å². The third kappa shape index (κ3) is 6.51. The smallest absolute Gasteiger partial charge is 0.341 e. The Morgan fingerprint density at radius 1 is 1.21 bits per heavy atom. The third-order valence-electron chi connectivity index (χ3n) is 5.24. The maximum atomic E-state index is 11.7. The van der Waals surface area contributed by atoms with Gasteiger partial charge in [-0.05, 0) is 42.4 Å². The van der Waals surface area contributed by atoms with Gasteiger partial charge >= 0.3 is 5.97 Å². The summed E-state index contributed by atoms with van der Waals surface area (Å²) in [7, 11) is 6.41. The number of carbonyl (C=O) groups excluding carboxylic acids is 1. The number of nitrogens with zero attached hydrogens (tertiary/aromatic N) is 1. The van der Waals surface area contributed by atoms with E-state index in [-0.39, 0.29) is 24.0 Å². The molecule has 1 fully saturated rings. The molecule has 0 bridgehead atoms. The molecule has 0 radical (unpaired) electrons. The van der Waals surface area contributed by atoms with Gasteiger partial charge in [0.05, 0.1) is 14.2 Å². The van der Waals surface area contributed by atoms with Crippen LogP contribution in [0.1, 0.15) is 41.6 Å². The van der Waals surface area contributed by atoms with Crippen molar-refractivity contribution in [2.75, 3.05) is 41.5 Å². The minimum Gasteiger partial charge on any atom is -0.496 e. The van der Waals surface area contributed by atoms with Gasteiger partial charge in [-0.25, -0.2) is 4.79 Å². The van der Waals surface area contributed by atoms with Crippen molar-refractivity contribution in [2.24, 2.45) is 10.4 Å². The van der Waals surface area contributed by atoms with E-state index in [2.05, 4.69) is 15.6 Å². The quantitative estimate of drug-likeness (QED) is 0.233. The highest BCUT2D eigenvalue weighted by Crippen LogP contribution is 2.43. The molecule has 1 saturated carbocycles. The molecule has 1 aromatic carbocycles. The first-order valence-corrected chi connectivity index (χ1v) is 9.26. The van der Waals surface area contributed by atoms with Crippen LogP contribution in [0.3, 0.4) is 0 Å².